The number of amides is 1. The average molecular weight is 356 g/mol. The standard InChI is InChI=1S/C20H24N2O4/c1-24-17-9-5-4-7-14(17)16-13-21-11-12-22(16)20(23)15-8-6-10-18(25-2)19(15)26-3/h4-10,16,21H,11-13H2,1-3H3. The van der Waals surface area contributed by atoms with Crippen LogP contribution in [0.1, 0.15) is 22.0 Å². The number of piperazine rings is 1. The molecule has 6 heteroatoms. The smallest absolute Gasteiger partial charge is 0.258 e. The Hall–Kier alpha value is -2.73. The minimum absolute atomic E-state index is 0.0850. The number of carbonyl (C=O) groups excluding carboxylic acids is 1. The molecule has 2 aromatic carbocycles. The van der Waals surface area contributed by atoms with Crippen LogP contribution in [0.15, 0.2) is 42.5 Å². The van der Waals surface area contributed by atoms with E-state index in [1.54, 1.807) is 39.5 Å². The first-order chi connectivity index (χ1) is 12.7. The number of hydrogen-bond donors (Lipinski definition) is 1. The third-order valence-electron chi connectivity index (χ3n) is 4.64. The summed E-state index contributed by atoms with van der Waals surface area (Å²) in [5.41, 5.74) is 1.48. The van der Waals surface area contributed by atoms with Crippen molar-refractivity contribution in [2.24, 2.45) is 0 Å². The van der Waals surface area contributed by atoms with E-state index in [-0.39, 0.29) is 11.9 Å². The van der Waals surface area contributed by atoms with Gasteiger partial charge in [0.1, 0.15) is 5.75 Å². The van der Waals surface area contributed by atoms with Crippen LogP contribution in [0.25, 0.3) is 0 Å². The lowest BCUT2D eigenvalue weighted by atomic mass is 10.0. The fourth-order valence-electron chi connectivity index (χ4n) is 3.38. The van der Waals surface area contributed by atoms with Gasteiger partial charge in [0.25, 0.3) is 5.91 Å². The number of benzene rings is 2. The Morgan fingerprint density at radius 1 is 1.00 bits per heavy atom. The number of nitrogens with zero attached hydrogens (tertiary/aromatic N) is 1. The van der Waals surface area contributed by atoms with E-state index in [9.17, 15) is 4.79 Å². The molecule has 6 nitrogen and oxygen atoms in total. The quantitative estimate of drug-likeness (QED) is 0.892. The van der Waals surface area contributed by atoms with Gasteiger partial charge in [-0.1, -0.05) is 24.3 Å². The van der Waals surface area contributed by atoms with Crippen molar-refractivity contribution in [1.82, 2.24) is 10.2 Å². The number of rotatable bonds is 5. The second-order valence-corrected chi connectivity index (χ2v) is 6.00. The highest BCUT2D eigenvalue weighted by Crippen LogP contribution is 2.35. The third-order valence-corrected chi connectivity index (χ3v) is 4.64. The molecule has 1 heterocycles. The van der Waals surface area contributed by atoms with Gasteiger partial charge < -0.3 is 24.4 Å². The van der Waals surface area contributed by atoms with E-state index < -0.39 is 0 Å². The predicted molar refractivity (Wildman–Crippen MR) is 99.2 cm³/mol. The fraction of sp³-hybridized carbons (Fsp3) is 0.350. The van der Waals surface area contributed by atoms with Crippen molar-refractivity contribution in [3.8, 4) is 17.2 Å². The van der Waals surface area contributed by atoms with Crippen LogP contribution in [-0.4, -0.2) is 51.8 Å². The minimum Gasteiger partial charge on any atom is -0.496 e. The molecule has 0 aromatic heterocycles. The Morgan fingerprint density at radius 2 is 1.73 bits per heavy atom. The van der Waals surface area contributed by atoms with E-state index in [2.05, 4.69) is 5.32 Å². The number of ether oxygens (including phenoxy) is 3. The first-order valence-corrected chi connectivity index (χ1v) is 8.56. The van der Waals surface area contributed by atoms with Crippen molar-refractivity contribution in [2.45, 2.75) is 6.04 Å². The summed E-state index contributed by atoms with van der Waals surface area (Å²) in [7, 11) is 4.75. The zero-order chi connectivity index (χ0) is 18.5. The van der Waals surface area contributed by atoms with E-state index in [4.69, 9.17) is 14.2 Å². The molecule has 1 atom stereocenters. The van der Waals surface area contributed by atoms with Gasteiger partial charge in [0.2, 0.25) is 0 Å². The molecule has 2 aromatic rings. The van der Waals surface area contributed by atoms with Crippen LogP contribution >= 0.6 is 0 Å². The van der Waals surface area contributed by atoms with Gasteiger partial charge in [-0.05, 0) is 18.2 Å². The maximum atomic E-state index is 13.4. The number of methoxy groups -OCH3 is 3. The van der Waals surface area contributed by atoms with Crippen LogP contribution in [0.5, 0.6) is 17.2 Å². The molecule has 1 aliphatic heterocycles. The molecular formula is C20H24N2O4. The summed E-state index contributed by atoms with van der Waals surface area (Å²) in [4.78, 5) is 15.2. The van der Waals surface area contributed by atoms with Gasteiger partial charge in [0.05, 0.1) is 32.9 Å². The molecule has 0 saturated carbocycles. The van der Waals surface area contributed by atoms with E-state index >= 15 is 0 Å². The number of carbonyl (C=O) groups is 1. The lowest BCUT2D eigenvalue weighted by Gasteiger charge is -2.37. The van der Waals surface area contributed by atoms with Gasteiger partial charge in [0, 0.05) is 25.2 Å². The van der Waals surface area contributed by atoms with Gasteiger partial charge in [-0.3, -0.25) is 4.79 Å². The molecule has 0 radical (unpaired) electrons. The first kappa shape index (κ1) is 18.1. The number of hydrogen-bond acceptors (Lipinski definition) is 5. The van der Waals surface area contributed by atoms with Crippen LogP contribution in [0.3, 0.4) is 0 Å². The second-order valence-electron chi connectivity index (χ2n) is 6.00. The molecule has 1 aliphatic rings. The van der Waals surface area contributed by atoms with Crippen molar-refractivity contribution in [3.63, 3.8) is 0 Å². The van der Waals surface area contributed by atoms with Crippen LogP contribution < -0.4 is 19.5 Å². The van der Waals surface area contributed by atoms with Crippen molar-refractivity contribution >= 4 is 5.91 Å². The van der Waals surface area contributed by atoms with Gasteiger partial charge in [-0.2, -0.15) is 0 Å². The molecule has 138 valence electrons. The predicted octanol–water partition coefficient (Wildman–Crippen LogP) is 2.50. The zero-order valence-corrected chi connectivity index (χ0v) is 15.3. The molecule has 1 unspecified atom stereocenters. The average Bonchev–Trinajstić information content (AvgIpc) is 2.72. The molecule has 1 amide bonds. The summed E-state index contributed by atoms with van der Waals surface area (Å²) in [6, 6.07) is 13.0. The Labute approximate surface area is 153 Å². The van der Waals surface area contributed by atoms with Crippen molar-refractivity contribution in [2.75, 3.05) is 41.0 Å². The third kappa shape index (κ3) is 3.32. The summed E-state index contributed by atoms with van der Waals surface area (Å²) in [5.74, 6) is 1.69. The van der Waals surface area contributed by atoms with E-state index in [1.165, 1.54) is 0 Å². The topological polar surface area (TPSA) is 60.0 Å². The maximum Gasteiger partial charge on any atom is 0.258 e. The molecule has 0 aliphatic carbocycles. The molecule has 1 fully saturated rings. The van der Waals surface area contributed by atoms with Gasteiger partial charge in [-0.25, -0.2) is 0 Å². The summed E-state index contributed by atoms with van der Waals surface area (Å²) >= 11 is 0. The van der Waals surface area contributed by atoms with Crippen LogP contribution in [0.4, 0.5) is 0 Å². The highest BCUT2D eigenvalue weighted by atomic mass is 16.5. The van der Waals surface area contributed by atoms with Crippen molar-refractivity contribution in [3.05, 3.63) is 53.6 Å². The Kier molecular flexibility index (Phi) is 5.63. The largest absolute Gasteiger partial charge is 0.496 e. The molecule has 1 N–H and O–H groups in total. The van der Waals surface area contributed by atoms with Crippen LogP contribution in [0, 0.1) is 0 Å². The Morgan fingerprint density at radius 3 is 2.46 bits per heavy atom. The molecule has 0 spiro atoms. The summed E-state index contributed by atoms with van der Waals surface area (Å²) in [6.45, 7) is 2.00. The Balaban J connectivity index is 1.99. The second kappa shape index (κ2) is 8.10. The SMILES string of the molecule is COc1ccccc1C1CNCCN1C(=O)c1cccc(OC)c1OC. The number of nitrogens with one attached hydrogen (secondary N) is 1. The molecular weight excluding hydrogens is 332 g/mol. The lowest BCUT2D eigenvalue weighted by Crippen LogP contribution is -2.48. The van der Waals surface area contributed by atoms with E-state index in [0.29, 0.717) is 30.2 Å². The van der Waals surface area contributed by atoms with Crippen molar-refractivity contribution < 1.29 is 19.0 Å². The normalized spacial score (nSPS) is 16.9. The summed E-state index contributed by atoms with van der Waals surface area (Å²) in [6.07, 6.45) is 0. The highest BCUT2D eigenvalue weighted by Gasteiger charge is 2.32. The van der Waals surface area contributed by atoms with E-state index in [0.717, 1.165) is 17.9 Å². The van der Waals surface area contributed by atoms with Gasteiger partial charge in [-0.15, -0.1) is 0 Å². The lowest BCUT2D eigenvalue weighted by molar-refractivity contribution is 0.0627. The zero-order valence-electron chi connectivity index (χ0n) is 15.3. The maximum absolute atomic E-state index is 13.4. The summed E-state index contributed by atoms with van der Waals surface area (Å²) in [5, 5.41) is 3.37. The van der Waals surface area contributed by atoms with Crippen LogP contribution in [-0.2, 0) is 0 Å². The monoisotopic (exact) mass is 356 g/mol. The Bertz CT molecular complexity index is 778. The fourth-order valence-corrected chi connectivity index (χ4v) is 3.38. The van der Waals surface area contributed by atoms with Crippen LogP contribution in [0.2, 0.25) is 0 Å². The molecule has 26 heavy (non-hydrogen) atoms. The molecule has 1 saturated heterocycles. The highest BCUT2D eigenvalue weighted by molar-refractivity contribution is 5.98. The van der Waals surface area contributed by atoms with E-state index in [1.807, 2.05) is 29.2 Å². The number of para-hydroxylation sites is 2. The van der Waals surface area contributed by atoms with Crippen molar-refractivity contribution in [1.29, 1.82) is 0 Å². The molecule has 3 rings (SSSR count). The molecule has 0 bridgehead atoms. The van der Waals surface area contributed by atoms with Gasteiger partial charge in [0.15, 0.2) is 11.5 Å². The van der Waals surface area contributed by atoms with Gasteiger partial charge >= 0.3 is 0 Å². The minimum atomic E-state index is -0.122. The first-order valence-electron chi connectivity index (χ1n) is 8.56. The summed E-state index contributed by atoms with van der Waals surface area (Å²) < 4.78 is 16.3.